The summed E-state index contributed by atoms with van der Waals surface area (Å²) in [6.07, 6.45) is 2.11. The van der Waals surface area contributed by atoms with Gasteiger partial charge in [-0.1, -0.05) is 24.3 Å². The molecule has 2 saturated heterocycles. The van der Waals surface area contributed by atoms with Crippen LogP contribution in [0.25, 0.3) is 0 Å². The second-order valence-electron chi connectivity index (χ2n) is 9.90. The fourth-order valence-electron chi connectivity index (χ4n) is 5.59. The first-order valence-corrected chi connectivity index (χ1v) is 13.7. The summed E-state index contributed by atoms with van der Waals surface area (Å²) in [5, 5.41) is 5.14. The van der Waals surface area contributed by atoms with E-state index in [1.54, 1.807) is 46.7 Å². The smallest absolute Gasteiger partial charge is 0.257 e. The average molecular weight is 532 g/mol. The van der Waals surface area contributed by atoms with Gasteiger partial charge in [-0.25, -0.2) is 4.98 Å². The Morgan fingerprint density at radius 2 is 1.92 bits per heavy atom. The van der Waals surface area contributed by atoms with Gasteiger partial charge < -0.3 is 19.9 Å². The number of hydrogen-bond donors (Lipinski definition) is 1. The molecule has 2 bridgehead atoms. The molecule has 196 valence electrons. The van der Waals surface area contributed by atoms with E-state index >= 15 is 0 Å². The molecular weight excluding hydrogens is 502 g/mol. The molecule has 0 saturated carbocycles. The number of piperazine rings is 1. The molecule has 10 heteroatoms. The Morgan fingerprint density at radius 3 is 2.74 bits per heavy atom. The van der Waals surface area contributed by atoms with Gasteiger partial charge >= 0.3 is 0 Å². The van der Waals surface area contributed by atoms with E-state index in [9.17, 15) is 14.4 Å². The topological polar surface area (TPSA) is 95.1 Å². The van der Waals surface area contributed by atoms with Crippen molar-refractivity contribution in [3.63, 3.8) is 0 Å². The Morgan fingerprint density at radius 1 is 1.05 bits per heavy atom. The van der Waals surface area contributed by atoms with Gasteiger partial charge in [-0.2, -0.15) is 0 Å². The zero-order chi connectivity index (χ0) is 26.1. The molecule has 3 amide bonds. The zero-order valence-corrected chi connectivity index (χ0v) is 21.7. The van der Waals surface area contributed by atoms with Gasteiger partial charge in [-0.15, -0.1) is 11.3 Å². The number of fused-ring (bicyclic) bond motifs is 4. The van der Waals surface area contributed by atoms with Crippen molar-refractivity contribution in [3.05, 3.63) is 82.2 Å². The summed E-state index contributed by atoms with van der Waals surface area (Å²) in [7, 11) is 0. The van der Waals surface area contributed by atoms with E-state index in [2.05, 4.69) is 21.3 Å². The van der Waals surface area contributed by atoms with E-state index in [4.69, 9.17) is 4.74 Å². The molecule has 0 unspecified atom stereocenters. The van der Waals surface area contributed by atoms with E-state index in [-0.39, 0.29) is 48.3 Å². The molecule has 3 aliphatic heterocycles. The van der Waals surface area contributed by atoms with Crippen molar-refractivity contribution in [2.24, 2.45) is 0 Å². The van der Waals surface area contributed by atoms with Gasteiger partial charge in [-0.05, 0) is 42.1 Å². The first-order valence-electron chi connectivity index (χ1n) is 12.9. The van der Waals surface area contributed by atoms with Crippen molar-refractivity contribution >= 4 is 29.1 Å². The second-order valence-corrected chi connectivity index (χ2v) is 10.9. The van der Waals surface area contributed by atoms with Crippen molar-refractivity contribution in [1.29, 1.82) is 0 Å². The van der Waals surface area contributed by atoms with Gasteiger partial charge in [0.05, 0.1) is 12.1 Å². The average Bonchev–Trinajstić information content (AvgIpc) is 3.61. The predicted molar refractivity (Wildman–Crippen MR) is 142 cm³/mol. The van der Waals surface area contributed by atoms with Crippen LogP contribution in [-0.2, 0) is 11.3 Å². The second kappa shape index (κ2) is 10.5. The minimum absolute atomic E-state index is 0.0144. The summed E-state index contributed by atoms with van der Waals surface area (Å²) in [5.74, 6) is -0.0822. The number of nitrogens with zero attached hydrogens (tertiary/aromatic N) is 4. The summed E-state index contributed by atoms with van der Waals surface area (Å²) in [4.78, 5) is 51.8. The van der Waals surface area contributed by atoms with Crippen LogP contribution in [0.4, 0.5) is 0 Å². The maximum atomic E-state index is 14.1. The van der Waals surface area contributed by atoms with Crippen LogP contribution in [0.1, 0.15) is 32.0 Å². The van der Waals surface area contributed by atoms with E-state index in [1.807, 2.05) is 34.5 Å². The molecular formula is C28H29N5O4S. The largest absolute Gasteiger partial charge is 0.475 e. The molecule has 2 aromatic heterocycles. The third-order valence-electron chi connectivity index (χ3n) is 7.46. The molecule has 0 spiro atoms. The Hall–Kier alpha value is -3.76. The molecule has 0 aliphatic carbocycles. The summed E-state index contributed by atoms with van der Waals surface area (Å²) >= 11 is 1.66. The SMILES string of the molecule is O=C1N[C@@H]2C[C@@H](C(=O)N3CCN(C(=O)c4ccccc4)C[C@H]3COc3ncccc31)N(Cc1cccs1)C2. The molecule has 9 nitrogen and oxygen atoms in total. The van der Waals surface area contributed by atoms with Crippen LogP contribution >= 0.6 is 11.3 Å². The first kappa shape index (κ1) is 24.6. The highest BCUT2D eigenvalue weighted by Crippen LogP contribution is 2.28. The fourth-order valence-corrected chi connectivity index (χ4v) is 6.32. The number of carbonyl (C=O) groups is 3. The minimum atomic E-state index is -0.371. The van der Waals surface area contributed by atoms with Crippen molar-refractivity contribution in [2.75, 3.05) is 32.8 Å². The van der Waals surface area contributed by atoms with Gasteiger partial charge in [0.2, 0.25) is 11.8 Å². The highest BCUT2D eigenvalue weighted by molar-refractivity contribution is 7.09. The van der Waals surface area contributed by atoms with Gasteiger partial charge in [0.25, 0.3) is 11.8 Å². The van der Waals surface area contributed by atoms with Crippen molar-refractivity contribution in [2.45, 2.75) is 31.1 Å². The lowest BCUT2D eigenvalue weighted by molar-refractivity contribution is -0.141. The lowest BCUT2D eigenvalue weighted by atomic mass is 10.1. The number of aromatic nitrogens is 1. The Kier molecular flexibility index (Phi) is 6.82. The molecule has 2 fully saturated rings. The predicted octanol–water partition coefficient (Wildman–Crippen LogP) is 2.26. The van der Waals surface area contributed by atoms with Crippen LogP contribution in [0, 0.1) is 0 Å². The third kappa shape index (κ3) is 4.89. The van der Waals surface area contributed by atoms with E-state index in [0.29, 0.717) is 50.3 Å². The van der Waals surface area contributed by atoms with Crippen LogP contribution in [0.5, 0.6) is 5.88 Å². The maximum absolute atomic E-state index is 14.1. The number of nitrogens with one attached hydrogen (secondary N) is 1. The highest BCUT2D eigenvalue weighted by atomic mass is 32.1. The Balaban J connectivity index is 1.31. The van der Waals surface area contributed by atoms with Crippen molar-refractivity contribution in [3.8, 4) is 5.88 Å². The summed E-state index contributed by atoms with van der Waals surface area (Å²) in [6.45, 7) is 2.56. The van der Waals surface area contributed by atoms with Crippen LogP contribution in [-0.4, -0.2) is 88.3 Å². The summed E-state index contributed by atoms with van der Waals surface area (Å²) < 4.78 is 6.07. The number of rotatable bonds is 3. The number of ether oxygens (including phenoxy) is 1. The van der Waals surface area contributed by atoms with Gasteiger partial charge in [0, 0.05) is 55.4 Å². The highest BCUT2D eigenvalue weighted by Gasteiger charge is 2.43. The number of benzene rings is 1. The van der Waals surface area contributed by atoms with Gasteiger partial charge in [0.1, 0.15) is 12.2 Å². The van der Waals surface area contributed by atoms with E-state index in [0.717, 1.165) is 0 Å². The molecule has 3 aliphatic rings. The third-order valence-corrected chi connectivity index (χ3v) is 8.33. The molecule has 3 aromatic rings. The zero-order valence-electron chi connectivity index (χ0n) is 20.9. The Labute approximate surface area is 225 Å². The maximum Gasteiger partial charge on any atom is 0.257 e. The number of thiophene rings is 1. The molecule has 38 heavy (non-hydrogen) atoms. The monoisotopic (exact) mass is 531 g/mol. The van der Waals surface area contributed by atoms with E-state index < -0.39 is 0 Å². The molecule has 6 rings (SSSR count). The van der Waals surface area contributed by atoms with Crippen molar-refractivity contribution < 1.29 is 19.1 Å². The lowest BCUT2D eigenvalue weighted by Crippen LogP contribution is -2.61. The standard InChI is InChI=1S/C28H29N5O4S/c34-25-23-9-4-10-29-26(23)37-18-21-16-31(27(35)19-6-2-1-3-7-19)11-12-33(21)28(36)24-14-20(30-25)15-32(24)17-22-8-5-13-38-22/h1-10,13,20-21,24H,11-12,14-18H2,(H,30,34)/t20-,21+,24+/m1/s1. The number of carbonyl (C=O) groups excluding carboxylic acids is 3. The Bertz CT molecular complexity index is 1320. The van der Waals surface area contributed by atoms with Crippen LogP contribution in [0.2, 0.25) is 0 Å². The molecule has 1 aromatic carbocycles. The number of amides is 3. The van der Waals surface area contributed by atoms with Crippen LogP contribution in [0.15, 0.2) is 66.2 Å². The summed E-state index contributed by atoms with van der Waals surface area (Å²) in [5.41, 5.74) is 0.984. The quantitative estimate of drug-likeness (QED) is 0.557. The van der Waals surface area contributed by atoms with E-state index in [1.165, 1.54) is 4.88 Å². The fraction of sp³-hybridized carbons (Fsp3) is 0.357. The molecule has 3 atom stereocenters. The van der Waals surface area contributed by atoms with Crippen LogP contribution < -0.4 is 10.1 Å². The van der Waals surface area contributed by atoms with Gasteiger partial charge in [-0.3, -0.25) is 19.3 Å². The normalized spacial score (nSPS) is 23.9. The molecule has 5 heterocycles. The molecule has 0 radical (unpaired) electrons. The minimum Gasteiger partial charge on any atom is -0.475 e. The lowest BCUT2D eigenvalue weighted by Gasteiger charge is -2.43. The number of likely N-dealkylation sites (tertiary alicyclic amines) is 1. The van der Waals surface area contributed by atoms with Crippen molar-refractivity contribution in [1.82, 2.24) is 25.0 Å². The summed E-state index contributed by atoms with van der Waals surface area (Å²) in [6, 6.07) is 15.8. The first-order chi connectivity index (χ1) is 18.6. The van der Waals surface area contributed by atoms with Gasteiger partial charge in [0.15, 0.2) is 0 Å². The number of hydrogen-bond acceptors (Lipinski definition) is 7. The van der Waals surface area contributed by atoms with Crippen LogP contribution in [0.3, 0.4) is 0 Å². The number of pyridine rings is 1. The molecule has 1 N–H and O–H groups in total.